The van der Waals surface area contributed by atoms with Crippen molar-refractivity contribution in [3.63, 3.8) is 0 Å². The lowest BCUT2D eigenvalue weighted by Gasteiger charge is -2.20. The number of hydrogen-bond donors (Lipinski definition) is 2. The predicted octanol–water partition coefficient (Wildman–Crippen LogP) is 4.02. The summed E-state index contributed by atoms with van der Waals surface area (Å²) in [5.41, 5.74) is 10.5. The lowest BCUT2D eigenvalue weighted by atomic mass is 10.0. The molecule has 2 aromatic carbocycles. The van der Waals surface area contributed by atoms with Gasteiger partial charge in [0.2, 0.25) is 0 Å². The summed E-state index contributed by atoms with van der Waals surface area (Å²) in [6.45, 7) is 3.24. The van der Waals surface area contributed by atoms with Crippen LogP contribution < -0.4 is 11.1 Å². The fourth-order valence-corrected chi connectivity index (χ4v) is 2.59. The third-order valence-corrected chi connectivity index (χ3v) is 4.07. The molecule has 0 saturated carbocycles. The summed E-state index contributed by atoms with van der Waals surface area (Å²) in [7, 11) is 1.70. The largest absolute Gasteiger partial charge is 0.380 e. The number of rotatable bonds is 6. The van der Waals surface area contributed by atoms with E-state index >= 15 is 0 Å². The van der Waals surface area contributed by atoms with E-state index in [1.807, 2.05) is 6.07 Å². The summed E-state index contributed by atoms with van der Waals surface area (Å²) in [4.78, 5) is 0. The Morgan fingerprint density at radius 1 is 1.19 bits per heavy atom. The zero-order valence-corrected chi connectivity index (χ0v) is 14.0. The molecule has 0 heterocycles. The van der Waals surface area contributed by atoms with Gasteiger partial charge in [0, 0.05) is 23.8 Å². The highest BCUT2D eigenvalue weighted by atomic mass is 79.9. The summed E-state index contributed by atoms with van der Waals surface area (Å²) in [5.74, 6) is 0. The number of ether oxygens (including phenoxy) is 1. The van der Waals surface area contributed by atoms with Gasteiger partial charge in [0.15, 0.2) is 0 Å². The average molecular weight is 349 g/mol. The van der Waals surface area contributed by atoms with E-state index in [0.717, 1.165) is 15.7 Å². The molecular weight excluding hydrogens is 328 g/mol. The first-order valence-corrected chi connectivity index (χ1v) is 7.74. The number of methoxy groups -OCH3 is 1. The van der Waals surface area contributed by atoms with Crippen LogP contribution in [-0.2, 0) is 11.3 Å². The Bertz CT molecular complexity index is 584. The molecule has 3 nitrogen and oxygen atoms in total. The quantitative estimate of drug-likeness (QED) is 0.828. The van der Waals surface area contributed by atoms with Crippen LogP contribution in [-0.4, -0.2) is 13.7 Å². The van der Waals surface area contributed by atoms with E-state index in [9.17, 15) is 0 Å². The normalized spacial score (nSPS) is 12.2. The van der Waals surface area contributed by atoms with Crippen LogP contribution in [0.1, 0.15) is 22.7 Å². The first-order valence-electron chi connectivity index (χ1n) is 6.94. The minimum absolute atomic E-state index is 0.0831. The molecule has 3 N–H and O–H groups in total. The number of nitrogens with two attached hydrogens (primary N) is 1. The van der Waals surface area contributed by atoms with Crippen molar-refractivity contribution >= 4 is 21.6 Å². The van der Waals surface area contributed by atoms with Crippen LogP contribution in [0.15, 0.2) is 46.9 Å². The molecule has 4 heteroatoms. The molecule has 0 aliphatic heterocycles. The van der Waals surface area contributed by atoms with E-state index in [1.165, 1.54) is 11.1 Å². The molecule has 0 fully saturated rings. The molecule has 0 radical (unpaired) electrons. The standard InChI is InChI=1S/C17H21BrN2O/c1-12-3-8-15(18)16(9-12)20-17(10-19)14-6-4-13(5-7-14)11-21-2/h3-9,17,20H,10-11,19H2,1-2H3. The second-order valence-electron chi connectivity index (χ2n) is 5.09. The Labute approximate surface area is 134 Å². The van der Waals surface area contributed by atoms with Crippen molar-refractivity contribution in [1.29, 1.82) is 0 Å². The van der Waals surface area contributed by atoms with Crippen LogP contribution in [0.25, 0.3) is 0 Å². The van der Waals surface area contributed by atoms with Crippen molar-refractivity contribution < 1.29 is 4.74 Å². The van der Waals surface area contributed by atoms with Crippen molar-refractivity contribution in [3.8, 4) is 0 Å². The fraction of sp³-hybridized carbons (Fsp3) is 0.294. The van der Waals surface area contributed by atoms with Gasteiger partial charge in [-0.05, 0) is 51.7 Å². The van der Waals surface area contributed by atoms with Crippen LogP contribution in [0.3, 0.4) is 0 Å². The fourth-order valence-electron chi connectivity index (χ4n) is 2.23. The van der Waals surface area contributed by atoms with Gasteiger partial charge in [0.25, 0.3) is 0 Å². The van der Waals surface area contributed by atoms with Crippen LogP contribution >= 0.6 is 15.9 Å². The maximum absolute atomic E-state index is 5.93. The van der Waals surface area contributed by atoms with Gasteiger partial charge in [-0.1, -0.05) is 30.3 Å². The third-order valence-electron chi connectivity index (χ3n) is 3.38. The lowest BCUT2D eigenvalue weighted by Crippen LogP contribution is -2.20. The zero-order chi connectivity index (χ0) is 15.2. The van der Waals surface area contributed by atoms with Gasteiger partial charge in [-0.15, -0.1) is 0 Å². The molecule has 0 spiro atoms. The van der Waals surface area contributed by atoms with Crippen molar-refractivity contribution in [2.75, 3.05) is 19.0 Å². The Kier molecular flexibility index (Phi) is 5.79. The number of aryl methyl sites for hydroxylation is 1. The summed E-state index contributed by atoms with van der Waals surface area (Å²) >= 11 is 3.57. The second kappa shape index (κ2) is 7.59. The maximum atomic E-state index is 5.93. The molecule has 1 atom stereocenters. The monoisotopic (exact) mass is 348 g/mol. The van der Waals surface area contributed by atoms with Gasteiger partial charge in [-0.2, -0.15) is 0 Å². The minimum atomic E-state index is 0.0831. The van der Waals surface area contributed by atoms with Gasteiger partial charge in [-0.25, -0.2) is 0 Å². The van der Waals surface area contributed by atoms with E-state index in [4.69, 9.17) is 10.5 Å². The molecule has 21 heavy (non-hydrogen) atoms. The summed E-state index contributed by atoms with van der Waals surface area (Å²) < 4.78 is 6.18. The third kappa shape index (κ3) is 4.30. The van der Waals surface area contributed by atoms with Gasteiger partial charge in [-0.3, -0.25) is 0 Å². The van der Waals surface area contributed by atoms with Crippen LogP contribution in [0.4, 0.5) is 5.69 Å². The average Bonchev–Trinajstić information content (AvgIpc) is 2.49. The van der Waals surface area contributed by atoms with E-state index in [1.54, 1.807) is 7.11 Å². The maximum Gasteiger partial charge on any atom is 0.0713 e. The molecule has 2 aromatic rings. The van der Waals surface area contributed by atoms with Crippen LogP contribution in [0.2, 0.25) is 0 Å². The van der Waals surface area contributed by atoms with E-state index < -0.39 is 0 Å². The molecule has 0 bridgehead atoms. The van der Waals surface area contributed by atoms with E-state index in [-0.39, 0.29) is 6.04 Å². The summed E-state index contributed by atoms with van der Waals surface area (Å²) in [5, 5.41) is 3.50. The van der Waals surface area contributed by atoms with E-state index in [2.05, 4.69) is 64.6 Å². The predicted molar refractivity (Wildman–Crippen MR) is 91.5 cm³/mol. The number of benzene rings is 2. The first-order chi connectivity index (χ1) is 10.1. The Balaban J connectivity index is 2.17. The van der Waals surface area contributed by atoms with Gasteiger partial charge < -0.3 is 15.8 Å². The van der Waals surface area contributed by atoms with Gasteiger partial charge in [0.05, 0.1) is 12.6 Å². The van der Waals surface area contributed by atoms with Gasteiger partial charge in [0.1, 0.15) is 0 Å². The first kappa shape index (κ1) is 16.0. The second-order valence-corrected chi connectivity index (χ2v) is 5.94. The van der Waals surface area contributed by atoms with E-state index in [0.29, 0.717) is 13.2 Å². The lowest BCUT2D eigenvalue weighted by molar-refractivity contribution is 0.185. The Morgan fingerprint density at radius 3 is 2.52 bits per heavy atom. The SMILES string of the molecule is COCc1ccc(C(CN)Nc2cc(C)ccc2Br)cc1. The molecule has 0 aromatic heterocycles. The highest BCUT2D eigenvalue weighted by Crippen LogP contribution is 2.27. The van der Waals surface area contributed by atoms with Crippen molar-refractivity contribution in [2.45, 2.75) is 19.6 Å². The smallest absolute Gasteiger partial charge is 0.0713 e. The molecule has 112 valence electrons. The zero-order valence-electron chi connectivity index (χ0n) is 12.4. The van der Waals surface area contributed by atoms with Crippen molar-refractivity contribution in [3.05, 3.63) is 63.6 Å². The number of nitrogens with one attached hydrogen (secondary N) is 1. The summed E-state index contributed by atoms with van der Waals surface area (Å²) in [6, 6.07) is 14.7. The van der Waals surface area contributed by atoms with Gasteiger partial charge >= 0.3 is 0 Å². The minimum Gasteiger partial charge on any atom is -0.380 e. The van der Waals surface area contributed by atoms with Crippen molar-refractivity contribution in [2.24, 2.45) is 5.73 Å². The topological polar surface area (TPSA) is 47.3 Å². The molecule has 0 aliphatic carbocycles. The summed E-state index contributed by atoms with van der Waals surface area (Å²) in [6.07, 6.45) is 0. The van der Waals surface area contributed by atoms with Crippen molar-refractivity contribution in [1.82, 2.24) is 0 Å². The Morgan fingerprint density at radius 2 is 1.90 bits per heavy atom. The molecule has 0 aliphatic rings. The number of halogens is 1. The molecular formula is C17H21BrN2O. The molecule has 0 amide bonds. The Hall–Kier alpha value is -1.36. The van der Waals surface area contributed by atoms with Crippen LogP contribution in [0.5, 0.6) is 0 Å². The molecule has 0 saturated heterocycles. The molecule has 2 rings (SSSR count). The number of hydrogen-bond acceptors (Lipinski definition) is 3. The number of anilines is 1. The highest BCUT2D eigenvalue weighted by Gasteiger charge is 2.11. The molecule has 1 unspecified atom stereocenters. The van der Waals surface area contributed by atoms with Crippen LogP contribution in [0, 0.1) is 6.92 Å². The highest BCUT2D eigenvalue weighted by molar-refractivity contribution is 9.10.